The number of hydrogen-bond donors (Lipinski definition) is 3. The molecule has 1 aliphatic heterocycles. The molecule has 2 heterocycles. The Morgan fingerprint density at radius 2 is 1.93 bits per heavy atom. The van der Waals surface area contributed by atoms with Crippen LogP contribution in [0.1, 0.15) is 18.4 Å². The van der Waals surface area contributed by atoms with Gasteiger partial charge in [0.05, 0.1) is 17.6 Å². The Morgan fingerprint density at radius 3 is 2.63 bits per heavy atom. The van der Waals surface area contributed by atoms with Crippen molar-refractivity contribution in [1.29, 1.82) is 0 Å². The van der Waals surface area contributed by atoms with Crippen LogP contribution in [-0.2, 0) is 16.0 Å². The molecule has 1 fully saturated rings. The Morgan fingerprint density at radius 1 is 1.19 bits per heavy atom. The summed E-state index contributed by atoms with van der Waals surface area (Å²) in [5, 5.41) is 14.2. The van der Waals surface area contributed by atoms with Crippen LogP contribution in [0.5, 0.6) is 0 Å². The first-order valence-corrected chi connectivity index (χ1v) is 9.44. The zero-order chi connectivity index (χ0) is 18.8. The summed E-state index contributed by atoms with van der Waals surface area (Å²) in [6, 6.07) is 13.9. The van der Waals surface area contributed by atoms with Crippen LogP contribution in [-0.4, -0.2) is 35.3 Å². The molecule has 0 bridgehead atoms. The molecule has 1 aliphatic rings. The van der Waals surface area contributed by atoms with Gasteiger partial charge in [0.15, 0.2) is 0 Å². The SMILES string of the molecule is O=C(O)Cc1ccc(-c2cc3cc(Cl)cc(NC4CCOCC4)c3[nH]2)cc1. The number of fused-ring (bicyclic) bond motifs is 1. The minimum Gasteiger partial charge on any atom is -0.481 e. The van der Waals surface area contributed by atoms with Crippen molar-refractivity contribution in [3.8, 4) is 11.3 Å². The molecule has 0 unspecified atom stereocenters. The van der Waals surface area contributed by atoms with Crippen molar-refractivity contribution in [2.45, 2.75) is 25.3 Å². The Hall–Kier alpha value is -2.50. The quantitative estimate of drug-likeness (QED) is 0.595. The summed E-state index contributed by atoms with van der Waals surface area (Å²) >= 11 is 6.33. The van der Waals surface area contributed by atoms with Gasteiger partial charge in [0.25, 0.3) is 0 Å². The maximum atomic E-state index is 10.8. The maximum Gasteiger partial charge on any atom is 0.307 e. The molecular weight excluding hydrogens is 364 g/mol. The molecule has 1 saturated heterocycles. The van der Waals surface area contributed by atoms with E-state index >= 15 is 0 Å². The molecule has 1 aromatic heterocycles. The predicted molar refractivity (Wildman–Crippen MR) is 108 cm³/mol. The summed E-state index contributed by atoms with van der Waals surface area (Å²) in [7, 11) is 0. The van der Waals surface area contributed by atoms with Crippen LogP contribution in [0.3, 0.4) is 0 Å². The summed E-state index contributed by atoms with van der Waals surface area (Å²) in [5.74, 6) is -0.827. The first-order chi connectivity index (χ1) is 13.1. The Balaban J connectivity index is 1.65. The minimum atomic E-state index is -0.827. The normalized spacial score (nSPS) is 15.1. The Labute approximate surface area is 162 Å². The number of ether oxygens (including phenoxy) is 1. The topological polar surface area (TPSA) is 74.3 Å². The molecule has 0 radical (unpaired) electrons. The lowest BCUT2D eigenvalue weighted by Crippen LogP contribution is -2.27. The summed E-state index contributed by atoms with van der Waals surface area (Å²) in [5.41, 5.74) is 4.79. The zero-order valence-corrected chi connectivity index (χ0v) is 15.6. The van der Waals surface area contributed by atoms with Gasteiger partial charge >= 0.3 is 5.97 Å². The van der Waals surface area contributed by atoms with Crippen molar-refractivity contribution >= 4 is 34.2 Å². The van der Waals surface area contributed by atoms with Gasteiger partial charge in [-0.1, -0.05) is 35.9 Å². The lowest BCUT2D eigenvalue weighted by molar-refractivity contribution is -0.136. The number of anilines is 1. The van der Waals surface area contributed by atoms with E-state index in [1.165, 1.54) is 0 Å². The largest absolute Gasteiger partial charge is 0.481 e. The van der Waals surface area contributed by atoms with E-state index in [1.54, 1.807) is 0 Å². The third-order valence-corrected chi connectivity index (χ3v) is 5.11. The van der Waals surface area contributed by atoms with Crippen molar-refractivity contribution in [1.82, 2.24) is 4.98 Å². The van der Waals surface area contributed by atoms with Crippen molar-refractivity contribution in [2.24, 2.45) is 0 Å². The van der Waals surface area contributed by atoms with Gasteiger partial charge in [-0.15, -0.1) is 0 Å². The second-order valence-corrected chi connectivity index (χ2v) is 7.34. The van der Waals surface area contributed by atoms with E-state index in [1.807, 2.05) is 36.4 Å². The molecule has 0 saturated carbocycles. The molecule has 0 aliphatic carbocycles. The molecule has 5 nitrogen and oxygen atoms in total. The number of benzene rings is 2. The van der Waals surface area contributed by atoms with Gasteiger partial charge in [0.1, 0.15) is 0 Å². The number of aromatic amines is 1. The van der Waals surface area contributed by atoms with E-state index in [9.17, 15) is 4.79 Å². The Kier molecular flexibility index (Phi) is 5.05. The number of carboxylic acid groups (broad SMARTS) is 1. The fourth-order valence-electron chi connectivity index (χ4n) is 3.52. The summed E-state index contributed by atoms with van der Waals surface area (Å²) in [4.78, 5) is 14.3. The van der Waals surface area contributed by atoms with Gasteiger partial charge in [0, 0.05) is 35.4 Å². The van der Waals surface area contributed by atoms with Crippen LogP contribution in [0.4, 0.5) is 5.69 Å². The van der Waals surface area contributed by atoms with Crippen molar-refractivity contribution < 1.29 is 14.6 Å². The summed E-state index contributed by atoms with van der Waals surface area (Å²) in [6.07, 6.45) is 1.99. The molecule has 140 valence electrons. The number of H-pyrrole nitrogens is 1. The monoisotopic (exact) mass is 384 g/mol. The van der Waals surface area contributed by atoms with Crippen molar-refractivity contribution in [2.75, 3.05) is 18.5 Å². The van der Waals surface area contributed by atoms with Crippen LogP contribution in [0, 0.1) is 0 Å². The average Bonchev–Trinajstić information content (AvgIpc) is 3.07. The van der Waals surface area contributed by atoms with Crippen LogP contribution in [0.2, 0.25) is 5.02 Å². The number of rotatable bonds is 5. The second-order valence-electron chi connectivity index (χ2n) is 6.90. The number of hydrogen-bond acceptors (Lipinski definition) is 3. The van der Waals surface area contributed by atoms with E-state index in [4.69, 9.17) is 21.4 Å². The second kappa shape index (κ2) is 7.62. The van der Waals surface area contributed by atoms with E-state index in [-0.39, 0.29) is 6.42 Å². The molecule has 27 heavy (non-hydrogen) atoms. The van der Waals surface area contributed by atoms with Gasteiger partial charge in [0.2, 0.25) is 0 Å². The first-order valence-electron chi connectivity index (χ1n) is 9.06. The van der Waals surface area contributed by atoms with E-state index in [2.05, 4.69) is 16.4 Å². The van der Waals surface area contributed by atoms with Crippen LogP contribution >= 0.6 is 11.6 Å². The van der Waals surface area contributed by atoms with Crippen LogP contribution in [0.25, 0.3) is 22.2 Å². The highest BCUT2D eigenvalue weighted by atomic mass is 35.5. The zero-order valence-electron chi connectivity index (χ0n) is 14.8. The lowest BCUT2D eigenvalue weighted by atomic mass is 10.1. The van der Waals surface area contributed by atoms with Crippen LogP contribution < -0.4 is 5.32 Å². The van der Waals surface area contributed by atoms with Crippen molar-refractivity contribution in [3.05, 3.63) is 53.1 Å². The first kappa shape index (κ1) is 17.9. The highest BCUT2D eigenvalue weighted by Gasteiger charge is 2.16. The molecular formula is C21H21ClN2O3. The standard InChI is InChI=1S/C21H21ClN2O3/c22-16-10-15-11-18(14-3-1-13(2-4-14)9-20(25)26)24-21(15)19(12-16)23-17-5-7-27-8-6-17/h1-4,10-12,17,23-24H,5-9H2,(H,25,26). The molecule has 0 atom stereocenters. The minimum absolute atomic E-state index is 0.0295. The molecule has 6 heteroatoms. The number of halogens is 1. The summed E-state index contributed by atoms with van der Waals surface area (Å²) < 4.78 is 5.43. The number of aliphatic carboxylic acids is 1. The van der Waals surface area contributed by atoms with Gasteiger partial charge in [-0.2, -0.15) is 0 Å². The number of carbonyl (C=O) groups is 1. The smallest absolute Gasteiger partial charge is 0.307 e. The average molecular weight is 385 g/mol. The lowest BCUT2D eigenvalue weighted by Gasteiger charge is -2.24. The van der Waals surface area contributed by atoms with Crippen LogP contribution in [0.15, 0.2) is 42.5 Å². The van der Waals surface area contributed by atoms with Gasteiger partial charge in [-0.3, -0.25) is 4.79 Å². The number of aromatic nitrogens is 1. The number of nitrogens with one attached hydrogen (secondary N) is 2. The number of carboxylic acids is 1. The van der Waals surface area contributed by atoms with E-state index in [0.717, 1.165) is 59.5 Å². The maximum absolute atomic E-state index is 10.8. The molecule has 3 N–H and O–H groups in total. The third-order valence-electron chi connectivity index (χ3n) is 4.89. The highest BCUT2D eigenvalue weighted by molar-refractivity contribution is 6.32. The van der Waals surface area contributed by atoms with E-state index in [0.29, 0.717) is 11.1 Å². The molecule has 2 aromatic carbocycles. The van der Waals surface area contributed by atoms with Gasteiger partial charge < -0.3 is 20.1 Å². The van der Waals surface area contributed by atoms with Gasteiger partial charge in [-0.25, -0.2) is 0 Å². The Bertz CT molecular complexity index is 959. The molecule has 3 aromatic rings. The third kappa shape index (κ3) is 4.10. The fourth-order valence-corrected chi connectivity index (χ4v) is 3.74. The molecule has 0 spiro atoms. The summed E-state index contributed by atoms with van der Waals surface area (Å²) in [6.45, 7) is 1.56. The van der Waals surface area contributed by atoms with Crippen molar-refractivity contribution in [3.63, 3.8) is 0 Å². The van der Waals surface area contributed by atoms with E-state index < -0.39 is 5.97 Å². The highest BCUT2D eigenvalue weighted by Crippen LogP contribution is 2.33. The van der Waals surface area contributed by atoms with Gasteiger partial charge in [-0.05, 0) is 42.2 Å². The fraction of sp³-hybridized carbons (Fsp3) is 0.286. The molecule has 0 amide bonds. The molecule has 4 rings (SSSR count). The predicted octanol–water partition coefficient (Wildman–Crippen LogP) is 4.71.